The summed E-state index contributed by atoms with van der Waals surface area (Å²) in [6.45, 7) is 3.57. The molecule has 0 saturated heterocycles. The number of anilines is 2. The van der Waals surface area contributed by atoms with Gasteiger partial charge in [0, 0.05) is 11.6 Å². The molecule has 0 aliphatic carbocycles. The molecule has 2 heterocycles. The number of nitriles is 1. The number of hydrogen-bond donors (Lipinski definition) is 2. The molecule has 0 aliphatic heterocycles. The average molecular weight is 494 g/mol. The van der Waals surface area contributed by atoms with Gasteiger partial charge in [-0.15, -0.1) is 0 Å². The van der Waals surface area contributed by atoms with E-state index in [1.807, 2.05) is 6.07 Å². The van der Waals surface area contributed by atoms with Crippen LogP contribution >= 0.6 is 0 Å². The lowest BCUT2D eigenvalue weighted by Crippen LogP contribution is -2.26. The number of fused-ring (bicyclic) bond motifs is 1. The molecule has 0 unspecified atom stereocenters. The predicted octanol–water partition coefficient (Wildman–Crippen LogP) is 2.97. The molecule has 4 rings (SSSR count). The molecule has 12 heteroatoms. The van der Waals surface area contributed by atoms with E-state index in [4.69, 9.17) is 5.73 Å². The zero-order valence-corrected chi connectivity index (χ0v) is 19.5. The number of hydrogen-bond acceptors (Lipinski definition) is 8. The zero-order chi connectivity index (χ0) is 25.3. The summed E-state index contributed by atoms with van der Waals surface area (Å²) in [4.78, 5) is 25.5. The summed E-state index contributed by atoms with van der Waals surface area (Å²) < 4.78 is 43.8. The third-order valence-corrected chi connectivity index (χ3v) is 6.38. The van der Waals surface area contributed by atoms with Gasteiger partial charge in [0.2, 0.25) is 16.0 Å². The highest BCUT2D eigenvalue weighted by Gasteiger charge is 2.20. The maximum Gasteiger partial charge on any atom is 0.278 e. The first-order chi connectivity index (χ1) is 16.6. The fourth-order valence-electron chi connectivity index (χ4n) is 3.59. The zero-order valence-electron chi connectivity index (χ0n) is 18.7. The molecule has 35 heavy (non-hydrogen) atoms. The van der Waals surface area contributed by atoms with E-state index < -0.39 is 27.2 Å². The number of rotatable bonds is 6. The maximum atomic E-state index is 15.0. The number of benzene rings is 2. The van der Waals surface area contributed by atoms with Gasteiger partial charge < -0.3 is 5.73 Å². The molecule has 2 aromatic carbocycles. The summed E-state index contributed by atoms with van der Waals surface area (Å²) in [5, 5.41) is 9.17. The summed E-state index contributed by atoms with van der Waals surface area (Å²) in [6, 6.07) is 11.5. The van der Waals surface area contributed by atoms with Crippen LogP contribution in [0.25, 0.3) is 22.4 Å². The minimum atomic E-state index is -4.03. The van der Waals surface area contributed by atoms with Crippen LogP contribution in [0.2, 0.25) is 0 Å². The van der Waals surface area contributed by atoms with E-state index in [9.17, 15) is 22.9 Å². The minimum Gasteiger partial charge on any atom is -0.368 e. The monoisotopic (exact) mass is 493 g/mol. The van der Waals surface area contributed by atoms with Crippen molar-refractivity contribution in [3.05, 3.63) is 76.0 Å². The van der Waals surface area contributed by atoms with Crippen molar-refractivity contribution in [3.63, 3.8) is 0 Å². The minimum absolute atomic E-state index is 0.0130. The van der Waals surface area contributed by atoms with Crippen molar-refractivity contribution < 1.29 is 12.8 Å². The molecule has 0 fully saturated rings. The molecule has 0 bridgehead atoms. The SMILES string of the molecule is CC(C)n1c(=O)c(-c2ccc(NS(=O)(=O)Cc3ccccc3C#N)c(F)c2)nc2cnc(N)nc21. The van der Waals surface area contributed by atoms with Crippen molar-refractivity contribution in [2.45, 2.75) is 25.6 Å². The second-order valence-corrected chi connectivity index (χ2v) is 9.71. The molecule has 0 aliphatic rings. The molecule has 0 atom stereocenters. The van der Waals surface area contributed by atoms with Crippen molar-refractivity contribution in [2.75, 3.05) is 10.5 Å². The van der Waals surface area contributed by atoms with Crippen LogP contribution in [0.5, 0.6) is 0 Å². The highest BCUT2D eigenvalue weighted by atomic mass is 32.2. The van der Waals surface area contributed by atoms with Crippen molar-refractivity contribution in [1.82, 2.24) is 19.5 Å². The van der Waals surface area contributed by atoms with Crippen LogP contribution in [0.4, 0.5) is 16.0 Å². The molecule has 0 amide bonds. The van der Waals surface area contributed by atoms with Crippen LogP contribution in [0.15, 0.2) is 53.5 Å². The molecular formula is C23H20FN7O3S. The lowest BCUT2D eigenvalue weighted by atomic mass is 10.1. The van der Waals surface area contributed by atoms with E-state index in [1.165, 1.54) is 35.0 Å². The third-order valence-electron chi connectivity index (χ3n) is 5.16. The van der Waals surface area contributed by atoms with Gasteiger partial charge in [-0.25, -0.2) is 22.8 Å². The van der Waals surface area contributed by atoms with Gasteiger partial charge in [0.25, 0.3) is 5.56 Å². The van der Waals surface area contributed by atoms with Gasteiger partial charge in [-0.05, 0) is 37.6 Å². The number of aromatic nitrogens is 4. The van der Waals surface area contributed by atoms with Crippen LogP contribution in [-0.2, 0) is 15.8 Å². The van der Waals surface area contributed by atoms with Crippen molar-refractivity contribution in [1.29, 1.82) is 5.26 Å². The predicted molar refractivity (Wildman–Crippen MR) is 129 cm³/mol. The molecule has 10 nitrogen and oxygen atoms in total. The van der Waals surface area contributed by atoms with E-state index in [0.29, 0.717) is 5.52 Å². The molecule has 0 saturated carbocycles. The van der Waals surface area contributed by atoms with Gasteiger partial charge in [0.15, 0.2) is 5.65 Å². The highest BCUT2D eigenvalue weighted by Crippen LogP contribution is 2.25. The summed E-state index contributed by atoms with van der Waals surface area (Å²) in [6.07, 6.45) is 1.37. The lowest BCUT2D eigenvalue weighted by molar-refractivity contribution is 0.593. The van der Waals surface area contributed by atoms with Gasteiger partial charge in [-0.3, -0.25) is 14.1 Å². The van der Waals surface area contributed by atoms with Gasteiger partial charge in [-0.2, -0.15) is 10.2 Å². The lowest BCUT2D eigenvalue weighted by Gasteiger charge is -2.15. The van der Waals surface area contributed by atoms with Crippen LogP contribution in [-0.4, -0.2) is 27.9 Å². The molecule has 0 radical (unpaired) electrons. The first-order valence-corrected chi connectivity index (χ1v) is 12.1. The van der Waals surface area contributed by atoms with E-state index in [0.717, 1.165) is 6.07 Å². The molecular weight excluding hydrogens is 473 g/mol. The Labute approximate surface area is 200 Å². The molecule has 178 valence electrons. The third kappa shape index (κ3) is 4.80. The van der Waals surface area contributed by atoms with E-state index in [2.05, 4.69) is 19.7 Å². The Morgan fingerprint density at radius 3 is 2.63 bits per heavy atom. The van der Waals surface area contributed by atoms with Crippen LogP contribution in [0.3, 0.4) is 0 Å². The smallest absolute Gasteiger partial charge is 0.278 e. The fourth-order valence-corrected chi connectivity index (χ4v) is 4.82. The number of nitrogens with two attached hydrogens (primary N) is 1. The van der Waals surface area contributed by atoms with Crippen LogP contribution in [0.1, 0.15) is 31.0 Å². The quantitative estimate of drug-likeness (QED) is 0.415. The Hall–Kier alpha value is -4.37. The molecule has 3 N–H and O–H groups in total. The number of nitrogens with zero attached hydrogens (tertiary/aromatic N) is 5. The van der Waals surface area contributed by atoms with Gasteiger partial charge in [0.1, 0.15) is 17.0 Å². The molecule has 0 spiro atoms. The number of halogens is 1. The Bertz CT molecular complexity index is 1660. The highest BCUT2D eigenvalue weighted by molar-refractivity contribution is 7.91. The van der Waals surface area contributed by atoms with Gasteiger partial charge >= 0.3 is 0 Å². The van der Waals surface area contributed by atoms with Crippen LogP contribution in [0, 0.1) is 17.1 Å². The van der Waals surface area contributed by atoms with Gasteiger partial charge in [-0.1, -0.05) is 24.3 Å². The summed E-state index contributed by atoms with van der Waals surface area (Å²) in [5.74, 6) is -1.42. The van der Waals surface area contributed by atoms with Crippen molar-refractivity contribution >= 4 is 32.8 Å². The molecule has 2 aromatic heterocycles. The second kappa shape index (κ2) is 9.11. The van der Waals surface area contributed by atoms with Crippen LogP contribution < -0.4 is 16.0 Å². The Morgan fingerprint density at radius 2 is 1.94 bits per heavy atom. The van der Waals surface area contributed by atoms with Crippen molar-refractivity contribution in [2.24, 2.45) is 0 Å². The van der Waals surface area contributed by atoms with E-state index >= 15 is 0 Å². The number of nitrogen functional groups attached to an aromatic ring is 1. The number of sulfonamides is 1. The molecule has 4 aromatic rings. The van der Waals surface area contributed by atoms with E-state index in [1.54, 1.807) is 26.0 Å². The average Bonchev–Trinajstić information content (AvgIpc) is 2.79. The first kappa shape index (κ1) is 23.8. The summed E-state index contributed by atoms with van der Waals surface area (Å²) >= 11 is 0. The Balaban J connectivity index is 1.71. The Morgan fingerprint density at radius 1 is 1.20 bits per heavy atom. The number of nitrogens with one attached hydrogen (secondary N) is 1. The summed E-state index contributed by atoms with van der Waals surface area (Å²) in [5.41, 5.74) is 6.00. The van der Waals surface area contributed by atoms with E-state index in [-0.39, 0.29) is 45.7 Å². The standard InChI is InChI=1S/C23H20FN7O3S/c1-13(2)31-21-19(11-27-23(26)29-21)28-20(22(31)32)14-7-8-18(17(24)9-14)30-35(33,34)12-16-6-4-3-5-15(16)10-25/h3-9,11,13,30H,12H2,1-2H3,(H2,26,27,29). The maximum absolute atomic E-state index is 15.0. The second-order valence-electron chi connectivity index (χ2n) is 7.99. The first-order valence-electron chi connectivity index (χ1n) is 10.4. The topological polar surface area (TPSA) is 157 Å². The largest absolute Gasteiger partial charge is 0.368 e. The van der Waals surface area contributed by atoms with Crippen molar-refractivity contribution in [3.8, 4) is 17.3 Å². The normalized spacial score (nSPS) is 11.5. The summed E-state index contributed by atoms with van der Waals surface area (Å²) in [7, 11) is -4.03. The van der Waals surface area contributed by atoms with Gasteiger partial charge in [0.05, 0.1) is 29.3 Å². The fraction of sp³-hybridized carbons (Fsp3) is 0.174. The Kier molecular flexibility index (Phi) is 6.19.